The van der Waals surface area contributed by atoms with E-state index >= 15 is 0 Å². The third-order valence-corrected chi connectivity index (χ3v) is 3.76. The van der Waals surface area contributed by atoms with Gasteiger partial charge < -0.3 is 10.2 Å². The Morgan fingerprint density at radius 2 is 1.19 bits per heavy atom. The number of phenols is 2. The van der Waals surface area contributed by atoms with E-state index in [1.165, 1.54) is 12.1 Å². The van der Waals surface area contributed by atoms with E-state index in [4.69, 9.17) is 0 Å². The maximum Gasteiger partial charge on any atom is 0.146 e. The maximum atomic E-state index is 9.99. The lowest BCUT2D eigenvalue weighted by molar-refractivity contribution is 0.452. The van der Waals surface area contributed by atoms with Gasteiger partial charge in [-0.15, -0.1) is 10.2 Å². The van der Waals surface area contributed by atoms with Gasteiger partial charge in [-0.05, 0) is 37.6 Å². The first-order chi connectivity index (χ1) is 12.5. The first kappa shape index (κ1) is 17.3. The highest BCUT2D eigenvalue weighted by Crippen LogP contribution is 2.39. The smallest absolute Gasteiger partial charge is 0.146 e. The molecule has 6 nitrogen and oxygen atoms in total. The first-order valence-electron chi connectivity index (χ1n) is 8.05. The van der Waals surface area contributed by atoms with E-state index in [0.717, 1.165) is 11.1 Å². The largest absolute Gasteiger partial charge is 0.505 e. The predicted octanol–water partition coefficient (Wildman–Crippen LogP) is 6.55. The second-order valence-electron chi connectivity index (χ2n) is 5.85. The fourth-order valence-corrected chi connectivity index (χ4v) is 2.22. The van der Waals surface area contributed by atoms with E-state index in [1.807, 2.05) is 62.4 Å². The Morgan fingerprint density at radius 3 is 1.85 bits per heavy atom. The highest BCUT2D eigenvalue weighted by molar-refractivity contribution is 5.65. The average Bonchev–Trinajstić information content (AvgIpc) is 2.63. The predicted molar refractivity (Wildman–Crippen MR) is 100 cm³/mol. The van der Waals surface area contributed by atoms with Gasteiger partial charge in [0, 0.05) is 12.1 Å². The Kier molecular flexibility index (Phi) is 5.03. The fraction of sp³-hybridized carbons (Fsp3) is 0.100. The molecule has 6 heteroatoms. The highest BCUT2D eigenvalue weighted by Gasteiger charge is 2.08. The summed E-state index contributed by atoms with van der Waals surface area (Å²) in [6.07, 6.45) is 0. The molecule has 0 aromatic heterocycles. The van der Waals surface area contributed by atoms with Crippen LogP contribution in [-0.2, 0) is 0 Å². The Bertz CT molecular complexity index is 980. The fourth-order valence-electron chi connectivity index (χ4n) is 2.22. The van der Waals surface area contributed by atoms with Gasteiger partial charge in [-0.2, -0.15) is 10.2 Å². The first-order valence-corrected chi connectivity index (χ1v) is 8.05. The molecule has 3 aromatic carbocycles. The number of phenolic OH excluding ortho intramolecular Hbond substituents is 2. The number of aryl methyl sites for hydroxylation is 2. The van der Waals surface area contributed by atoms with Gasteiger partial charge in [0.15, 0.2) is 0 Å². The van der Waals surface area contributed by atoms with E-state index in [0.29, 0.717) is 11.4 Å². The summed E-state index contributed by atoms with van der Waals surface area (Å²) in [7, 11) is 0. The number of hydrogen-bond acceptors (Lipinski definition) is 6. The molecule has 2 N–H and O–H groups in total. The van der Waals surface area contributed by atoms with Crippen LogP contribution in [0.4, 0.5) is 22.7 Å². The summed E-state index contributed by atoms with van der Waals surface area (Å²) in [6, 6.07) is 17.6. The quantitative estimate of drug-likeness (QED) is 0.525. The van der Waals surface area contributed by atoms with E-state index in [2.05, 4.69) is 20.5 Å². The zero-order valence-electron chi connectivity index (χ0n) is 14.5. The molecule has 3 rings (SSSR count). The number of hydrogen-bond donors (Lipinski definition) is 2. The second kappa shape index (κ2) is 7.57. The molecular weight excluding hydrogens is 328 g/mol. The third kappa shape index (κ3) is 4.10. The van der Waals surface area contributed by atoms with Gasteiger partial charge >= 0.3 is 0 Å². The van der Waals surface area contributed by atoms with Crippen LogP contribution in [0, 0.1) is 13.8 Å². The molecule has 0 aliphatic carbocycles. The lowest BCUT2D eigenvalue weighted by Crippen LogP contribution is -1.74. The van der Waals surface area contributed by atoms with Crippen molar-refractivity contribution in [3.8, 4) is 11.5 Å². The van der Waals surface area contributed by atoms with E-state index < -0.39 is 0 Å². The van der Waals surface area contributed by atoms with Crippen molar-refractivity contribution in [2.75, 3.05) is 0 Å². The Hall–Kier alpha value is -3.54. The second-order valence-corrected chi connectivity index (χ2v) is 5.85. The van der Waals surface area contributed by atoms with Gasteiger partial charge in [0.05, 0.1) is 11.4 Å². The molecular formula is C20H18N4O2. The van der Waals surface area contributed by atoms with Gasteiger partial charge in [-0.3, -0.25) is 0 Å². The molecule has 0 saturated heterocycles. The van der Waals surface area contributed by atoms with Gasteiger partial charge in [0.2, 0.25) is 0 Å². The maximum absolute atomic E-state index is 9.99. The normalized spacial score (nSPS) is 11.5. The van der Waals surface area contributed by atoms with Crippen LogP contribution in [0.2, 0.25) is 0 Å². The van der Waals surface area contributed by atoms with Crippen molar-refractivity contribution in [1.29, 1.82) is 0 Å². The van der Waals surface area contributed by atoms with Gasteiger partial charge in [0.25, 0.3) is 0 Å². The summed E-state index contributed by atoms with van der Waals surface area (Å²) < 4.78 is 0. The third-order valence-electron chi connectivity index (χ3n) is 3.76. The topological polar surface area (TPSA) is 89.9 Å². The summed E-state index contributed by atoms with van der Waals surface area (Å²) in [5.41, 5.74) is 3.84. The Labute approximate surface area is 151 Å². The molecule has 0 bridgehead atoms. The van der Waals surface area contributed by atoms with Gasteiger partial charge in [-0.1, -0.05) is 35.9 Å². The summed E-state index contributed by atoms with van der Waals surface area (Å²) in [5, 5.41) is 36.3. The van der Waals surface area contributed by atoms with Crippen molar-refractivity contribution in [3.05, 3.63) is 71.8 Å². The number of nitrogens with zero attached hydrogens (tertiary/aromatic N) is 4. The summed E-state index contributed by atoms with van der Waals surface area (Å²) in [4.78, 5) is 0. The molecule has 26 heavy (non-hydrogen) atoms. The monoisotopic (exact) mass is 346 g/mol. The van der Waals surface area contributed by atoms with Crippen LogP contribution >= 0.6 is 0 Å². The minimum absolute atomic E-state index is 0.186. The van der Waals surface area contributed by atoms with Crippen LogP contribution in [0.15, 0.2) is 81.1 Å². The summed E-state index contributed by atoms with van der Waals surface area (Å²) in [6.45, 7) is 3.91. The number of benzene rings is 3. The minimum atomic E-state index is -0.187. The molecule has 0 fully saturated rings. The molecule has 0 aliphatic heterocycles. The van der Waals surface area contributed by atoms with E-state index in [-0.39, 0.29) is 22.9 Å². The molecule has 0 radical (unpaired) electrons. The molecule has 0 atom stereocenters. The van der Waals surface area contributed by atoms with E-state index in [9.17, 15) is 10.2 Å². The lowest BCUT2D eigenvalue weighted by Gasteiger charge is -2.03. The van der Waals surface area contributed by atoms with Crippen molar-refractivity contribution in [3.63, 3.8) is 0 Å². The summed E-state index contributed by atoms with van der Waals surface area (Å²) in [5.74, 6) is -0.373. The van der Waals surface area contributed by atoms with Crippen molar-refractivity contribution < 1.29 is 10.2 Å². The van der Waals surface area contributed by atoms with Crippen LogP contribution in [0.3, 0.4) is 0 Å². The zero-order valence-corrected chi connectivity index (χ0v) is 14.5. The molecule has 0 saturated carbocycles. The molecule has 0 heterocycles. The van der Waals surface area contributed by atoms with Crippen molar-refractivity contribution in [1.82, 2.24) is 0 Å². The van der Waals surface area contributed by atoms with Crippen molar-refractivity contribution in [2.24, 2.45) is 20.5 Å². The number of aromatic hydroxyl groups is 2. The average molecular weight is 346 g/mol. The molecule has 0 amide bonds. The molecule has 3 aromatic rings. The van der Waals surface area contributed by atoms with Gasteiger partial charge in [-0.25, -0.2) is 0 Å². The van der Waals surface area contributed by atoms with Crippen LogP contribution in [0.5, 0.6) is 11.5 Å². The van der Waals surface area contributed by atoms with Crippen molar-refractivity contribution >= 4 is 22.7 Å². The standard InChI is InChI=1S/C20H18N4O2/c1-13-7-9-15(10-8-13)21-23-17-11-18(20(26)12-19(17)25)24-22-16-6-4-3-5-14(16)2/h3-12,25-26H,1-2H3. The number of rotatable bonds is 4. The SMILES string of the molecule is Cc1ccc(N=Nc2cc(N=Nc3ccccc3C)c(O)cc2O)cc1. The molecule has 130 valence electrons. The molecule has 0 aliphatic rings. The summed E-state index contributed by atoms with van der Waals surface area (Å²) >= 11 is 0. The zero-order chi connectivity index (χ0) is 18.5. The van der Waals surface area contributed by atoms with E-state index in [1.54, 1.807) is 0 Å². The van der Waals surface area contributed by atoms with Gasteiger partial charge in [0.1, 0.15) is 22.9 Å². The van der Waals surface area contributed by atoms with Crippen LogP contribution in [-0.4, -0.2) is 10.2 Å². The molecule has 0 spiro atoms. The highest BCUT2D eigenvalue weighted by atomic mass is 16.3. The van der Waals surface area contributed by atoms with Crippen LogP contribution in [0.25, 0.3) is 0 Å². The Balaban J connectivity index is 1.89. The lowest BCUT2D eigenvalue weighted by atomic mass is 10.2. The molecule has 0 unspecified atom stereocenters. The minimum Gasteiger partial charge on any atom is -0.505 e. The Morgan fingerprint density at radius 1 is 0.615 bits per heavy atom. The number of azo groups is 2. The van der Waals surface area contributed by atoms with Crippen molar-refractivity contribution in [2.45, 2.75) is 13.8 Å². The van der Waals surface area contributed by atoms with Crippen LogP contribution < -0.4 is 0 Å². The van der Waals surface area contributed by atoms with Crippen LogP contribution in [0.1, 0.15) is 11.1 Å².